The van der Waals surface area contributed by atoms with Crippen molar-refractivity contribution >= 4 is 0 Å². The molecule has 0 bridgehead atoms. The largest absolute Gasteiger partial charge is 0.338 e. The van der Waals surface area contributed by atoms with Crippen LogP contribution < -0.4 is 5.32 Å². The van der Waals surface area contributed by atoms with Crippen molar-refractivity contribution in [3.8, 4) is 0 Å². The second-order valence-corrected chi connectivity index (χ2v) is 5.48. The second kappa shape index (κ2) is 7.49. The van der Waals surface area contributed by atoms with Gasteiger partial charge in [0.15, 0.2) is 0 Å². The molecule has 0 aliphatic heterocycles. The molecule has 0 fully saturated rings. The number of hydrogen-bond acceptors (Lipinski definition) is 2. The van der Waals surface area contributed by atoms with Crippen LogP contribution in [0.5, 0.6) is 0 Å². The highest BCUT2D eigenvalue weighted by molar-refractivity contribution is 4.91. The summed E-state index contributed by atoms with van der Waals surface area (Å²) in [4.78, 5) is 4.35. The summed E-state index contributed by atoms with van der Waals surface area (Å²) in [7, 11) is 2.07. The van der Waals surface area contributed by atoms with E-state index >= 15 is 0 Å². The van der Waals surface area contributed by atoms with Crippen LogP contribution in [0, 0.1) is 11.8 Å². The molecule has 0 spiro atoms. The summed E-state index contributed by atoms with van der Waals surface area (Å²) in [6.07, 6.45) is 7.48. The summed E-state index contributed by atoms with van der Waals surface area (Å²) in [5.74, 6) is 2.72. The van der Waals surface area contributed by atoms with Crippen LogP contribution >= 0.6 is 0 Å². The molecule has 0 aromatic carbocycles. The van der Waals surface area contributed by atoms with Crippen LogP contribution in [0.25, 0.3) is 0 Å². The Kier molecular flexibility index (Phi) is 6.27. The number of hydrogen-bond donors (Lipinski definition) is 1. The van der Waals surface area contributed by atoms with Gasteiger partial charge in [0.2, 0.25) is 0 Å². The van der Waals surface area contributed by atoms with Gasteiger partial charge in [-0.1, -0.05) is 20.8 Å². The van der Waals surface area contributed by atoms with E-state index in [4.69, 9.17) is 0 Å². The van der Waals surface area contributed by atoms with Gasteiger partial charge in [0, 0.05) is 25.9 Å². The zero-order chi connectivity index (χ0) is 12.7. The molecule has 1 N–H and O–H groups in total. The molecule has 0 saturated carbocycles. The molecule has 98 valence electrons. The molecule has 1 unspecified atom stereocenters. The van der Waals surface area contributed by atoms with Crippen molar-refractivity contribution in [1.82, 2.24) is 14.9 Å². The van der Waals surface area contributed by atoms with Gasteiger partial charge in [-0.2, -0.15) is 0 Å². The quantitative estimate of drug-likeness (QED) is 0.704. The fourth-order valence-electron chi connectivity index (χ4n) is 1.90. The molecule has 1 atom stereocenters. The van der Waals surface area contributed by atoms with Crippen LogP contribution in [0.4, 0.5) is 0 Å². The van der Waals surface area contributed by atoms with E-state index in [0.717, 1.165) is 31.3 Å². The van der Waals surface area contributed by atoms with E-state index in [1.165, 1.54) is 18.7 Å². The summed E-state index contributed by atoms with van der Waals surface area (Å²) < 4.78 is 2.11. The lowest BCUT2D eigenvalue weighted by Gasteiger charge is -2.12. The SMILES string of the molecule is CC(C)CNCCC(C)CCc1nccn1C. The van der Waals surface area contributed by atoms with Gasteiger partial charge >= 0.3 is 0 Å². The van der Waals surface area contributed by atoms with E-state index in [1.54, 1.807) is 0 Å². The first-order valence-corrected chi connectivity index (χ1v) is 6.76. The minimum Gasteiger partial charge on any atom is -0.338 e. The monoisotopic (exact) mass is 237 g/mol. The van der Waals surface area contributed by atoms with E-state index in [9.17, 15) is 0 Å². The molecular formula is C14H27N3. The highest BCUT2D eigenvalue weighted by atomic mass is 15.0. The van der Waals surface area contributed by atoms with Crippen LogP contribution in [-0.4, -0.2) is 22.6 Å². The minimum absolute atomic E-state index is 0.748. The van der Waals surface area contributed by atoms with Crippen LogP contribution in [-0.2, 0) is 13.5 Å². The van der Waals surface area contributed by atoms with Crippen LogP contribution in [0.3, 0.4) is 0 Å². The van der Waals surface area contributed by atoms with Crippen molar-refractivity contribution in [2.24, 2.45) is 18.9 Å². The molecule has 0 saturated heterocycles. The normalized spacial score (nSPS) is 13.2. The molecule has 17 heavy (non-hydrogen) atoms. The van der Waals surface area contributed by atoms with E-state index < -0.39 is 0 Å². The number of aromatic nitrogens is 2. The molecule has 1 aromatic heterocycles. The zero-order valence-corrected chi connectivity index (χ0v) is 11.7. The maximum atomic E-state index is 4.35. The van der Waals surface area contributed by atoms with E-state index in [-0.39, 0.29) is 0 Å². The van der Waals surface area contributed by atoms with E-state index in [0.29, 0.717) is 0 Å². The Morgan fingerprint density at radius 3 is 2.65 bits per heavy atom. The smallest absolute Gasteiger partial charge is 0.108 e. The summed E-state index contributed by atoms with van der Waals surface area (Å²) >= 11 is 0. The average Bonchev–Trinajstić information content (AvgIpc) is 2.67. The standard InChI is InChI=1S/C14H27N3/c1-12(2)11-15-8-7-13(3)5-6-14-16-9-10-17(14)4/h9-10,12-13,15H,5-8,11H2,1-4H3. The maximum absolute atomic E-state index is 4.35. The van der Waals surface area contributed by atoms with Crippen molar-refractivity contribution in [2.75, 3.05) is 13.1 Å². The van der Waals surface area contributed by atoms with Gasteiger partial charge in [-0.25, -0.2) is 4.98 Å². The number of nitrogens with zero attached hydrogens (tertiary/aromatic N) is 2. The molecule has 0 radical (unpaired) electrons. The molecule has 0 aliphatic rings. The third kappa shape index (κ3) is 5.87. The Labute approximate surface area is 106 Å². The predicted molar refractivity (Wildman–Crippen MR) is 73.0 cm³/mol. The third-order valence-electron chi connectivity index (χ3n) is 3.15. The molecule has 0 amide bonds. The molecular weight excluding hydrogens is 210 g/mol. The van der Waals surface area contributed by atoms with Crippen LogP contribution in [0.15, 0.2) is 12.4 Å². The summed E-state index contributed by atoms with van der Waals surface area (Å²) in [5.41, 5.74) is 0. The van der Waals surface area contributed by atoms with Crippen molar-refractivity contribution in [3.63, 3.8) is 0 Å². The Bertz CT molecular complexity index is 304. The van der Waals surface area contributed by atoms with Crippen LogP contribution in [0.1, 0.15) is 39.4 Å². The Balaban J connectivity index is 2.09. The lowest BCUT2D eigenvalue weighted by atomic mass is 10.0. The van der Waals surface area contributed by atoms with Gasteiger partial charge in [0.25, 0.3) is 0 Å². The first-order valence-electron chi connectivity index (χ1n) is 6.76. The van der Waals surface area contributed by atoms with E-state index in [2.05, 4.69) is 42.7 Å². The van der Waals surface area contributed by atoms with Crippen molar-refractivity contribution in [3.05, 3.63) is 18.2 Å². The fraction of sp³-hybridized carbons (Fsp3) is 0.786. The van der Waals surface area contributed by atoms with Crippen LogP contribution in [0.2, 0.25) is 0 Å². The summed E-state index contributed by atoms with van der Waals surface area (Å²) in [5, 5.41) is 3.50. The summed E-state index contributed by atoms with van der Waals surface area (Å²) in [6.45, 7) is 9.10. The number of rotatable bonds is 8. The van der Waals surface area contributed by atoms with Gasteiger partial charge in [0.1, 0.15) is 5.82 Å². The third-order valence-corrected chi connectivity index (χ3v) is 3.15. The molecule has 3 nitrogen and oxygen atoms in total. The highest BCUT2D eigenvalue weighted by Crippen LogP contribution is 2.10. The Morgan fingerprint density at radius 1 is 1.29 bits per heavy atom. The van der Waals surface area contributed by atoms with Crippen molar-refractivity contribution < 1.29 is 0 Å². The molecule has 1 aromatic rings. The Morgan fingerprint density at radius 2 is 2.06 bits per heavy atom. The van der Waals surface area contributed by atoms with Gasteiger partial charge in [-0.3, -0.25) is 0 Å². The number of aryl methyl sites for hydroxylation is 2. The summed E-state index contributed by atoms with van der Waals surface area (Å²) in [6, 6.07) is 0. The highest BCUT2D eigenvalue weighted by Gasteiger charge is 2.05. The molecule has 1 rings (SSSR count). The second-order valence-electron chi connectivity index (χ2n) is 5.48. The fourth-order valence-corrected chi connectivity index (χ4v) is 1.90. The van der Waals surface area contributed by atoms with Crippen molar-refractivity contribution in [2.45, 2.75) is 40.0 Å². The first-order chi connectivity index (χ1) is 8.09. The molecule has 0 aliphatic carbocycles. The topological polar surface area (TPSA) is 29.9 Å². The molecule has 3 heteroatoms. The molecule has 1 heterocycles. The number of imidazole rings is 1. The maximum Gasteiger partial charge on any atom is 0.108 e. The lowest BCUT2D eigenvalue weighted by molar-refractivity contribution is 0.449. The van der Waals surface area contributed by atoms with Gasteiger partial charge in [-0.05, 0) is 37.8 Å². The van der Waals surface area contributed by atoms with Gasteiger partial charge in [-0.15, -0.1) is 0 Å². The predicted octanol–water partition coefficient (Wildman–Crippen LogP) is 2.62. The van der Waals surface area contributed by atoms with Crippen molar-refractivity contribution in [1.29, 1.82) is 0 Å². The lowest BCUT2D eigenvalue weighted by Crippen LogP contribution is -2.22. The van der Waals surface area contributed by atoms with Gasteiger partial charge in [0.05, 0.1) is 0 Å². The van der Waals surface area contributed by atoms with E-state index in [1.807, 2.05) is 12.4 Å². The number of nitrogens with one attached hydrogen (secondary N) is 1. The average molecular weight is 237 g/mol. The Hall–Kier alpha value is -0.830. The minimum atomic E-state index is 0.748. The van der Waals surface area contributed by atoms with Gasteiger partial charge < -0.3 is 9.88 Å². The zero-order valence-electron chi connectivity index (χ0n) is 11.7. The first kappa shape index (κ1) is 14.2.